The van der Waals surface area contributed by atoms with Gasteiger partial charge in [0.05, 0.1) is 12.5 Å². The van der Waals surface area contributed by atoms with Crippen LogP contribution in [0.5, 0.6) is 0 Å². The van der Waals surface area contributed by atoms with E-state index in [4.69, 9.17) is 8.83 Å². The first-order chi connectivity index (χ1) is 13.3. The van der Waals surface area contributed by atoms with Gasteiger partial charge in [-0.25, -0.2) is 0 Å². The van der Waals surface area contributed by atoms with Crippen molar-refractivity contribution < 1.29 is 13.6 Å². The van der Waals surface area contributed by atoms with Gasteiger partial charge in [0.15, 0.2) is 5.76 Å². The average Bonchev–Trinajstić information content (AvgIpc) is 3.41. The van der Waals surface area contributed by atoms with E-state index >= 15 is 0 Å². The first-order valence-electron chi connectivity index (χ1n) is 9.52. The highest BCUT2D eigenvalue weighted by atomic mass is 16.4. The van der Waals surface area contributed by atoms with Crippen molar-refractivity contribution in [3.8, 4) is 22.5 Å². The molecule has 3 aromatic rings. The Morgan fingerprint density at radius 2 is 1.74 bits per heavy atom. The number of furan rings is 2. The van der Waals surface area contributed by atoms with Crippen LogP contribution in [0.4, 0.5) is 0 Å². The second-order valence-electron chi connectivity index (χ2n) is 7.47. The molecule has 1 atom stereocenters. The first kappa shape index (κ1) is 16.4. The summed E-state index contributed by atoms with van der Waals surface area (Å²) in [7, 11) is 0. The molecule has 0 saturated carbocycles. The summed E-state index contributed by atoms with van der Waals surface area (Å²) in [6.07, 6.45) is 5.74. The third-order valence-electron chi connectivity index (χ3n) is 5.83. The summed E-state index contributed by atoms with van der Waals surface area (Å²) in [5.41, 5.74) is 3.07. The number of nitrogens with zero attached hydrogens (tertiary/aromatic N) is 1. The largest absolute Gasteiger partial charge is 0.472 e. The van der Waals surface area contributed by atoms with Crippen molar-refractivity contribution in [3.63, 3.8) is 0 Å². The molecule has 27 heavy (non-hydrogen) atoms. The van der Waals surface area contributed by atoms with Gasteiger partial charge in [-0.15, -0.1) is 0 Å². The summed E-state index contributed by atoms with van der Waals surface area (Å²) in [5.74, 6) is 1.56. The first-order valence-corrected chi connectivity index (χ1v) is 9.52. The van der Waals surface area contributed by atoms with Crippen molar-refractivity contribution in [1.29, 1.82) is 0 Å². The number of nitrogens with one attached hydrogen (secondary N) is 1. The van der Waals surface area contributed by atoms with E-state index in [1.165, 1.54) is 12.8 Å². The minimum Gasteiger partial charge on any atom is -0.472 e. The molecule has 0 unspecified atom stereocenters. The Morgan fingerprint density at radius 1 is 0.963 bits per heavy atom. The maximum absolute atomic E-state index is 12.6. The van der Waals surface area contributed by atoms with Crippen LogP contribution in [0.1, 0.15) is 23.4 Å². The molecule has 3 saturated heterocycles. The number of hydrogen-bond acceptors (Lipinski definition) is 4. The van der Waals surface area contributed by atoms with Crippen molar-refractivity contribution >= 4 is 5.91 Å². The molecule has 5 nitrogen and oxygen atoms in total. The van der Waals surface area contributed by atoms with Gasteiger partial charge in [-0.3, -0.25) is 4.79 Å². The van der Waals surface area contributed by atoms with Gasteiger partial charge in [0, 0.05) is 23.7 Å². The molecule has 1 amide bonds. The molecule has 1 aromatic carbocycles. The number of fused-ring (bicyclic) bond motifs is 3. The van der Waals surface area contributed by atoms with E-state index in [0.717, 1.165) is 36.3 Å². The third kappa shape index (κ3) is 3.19. The molecule has 3 aliphatic heterocycles. The van der Waals surface area contributed by atoms with Crippen molar-refractivity contribution in [1.82, 2.24) is 10.2 Å². The monoisotopic (exact) mass is 362 g/mol. The Balaban J connectivity index is 1.28. The lowest BCUT2D eigenvalue weighted by Crippen LogP contribution is -2.57. The molecule has 0 aliphatic carbocycles. The fraction of sp³-hybridized carbons (Fsp3) is 0.318. The van der Waals surface area contributed by atoms with E-state index in [1.54, 1.807) is 18.6 Å². The van der Waals surface area contributed by atoms with E-state index in [2.05, 4.69) is 10.2 Å². The highest BCUT2D eigenvalue weighted by molar-refractivity contribution is 5.92. The molecule has 5 heteroatoms. The molecular weight excluding hydrogens is 340 g/mol. The predicted molar refractivity (Wildman–Crippen MR) is 102 cm³/mol. The summed E-state index contributed by atoms with van der Waals surface area (Å²) in [6, 6.07) is 13.8. The SMILES string of the molecule is O=C(N[C@H]1CN2CCC1CC2)c1ccc(-c2ccc(-c3ccoc3)cc2)o1. The molecule has 2 aromatic heterocycles. The number of amides is 1. The number of carbonyl (C=O) groups is 1. The minimum absolute atomic E-state index is 0.116. The quantitative estimate of drug-likeness (QED) is 0.761. The van der Waals surface area contributed by atoms with Crippen LogP contribution < -0.4 is 5.32 Å². The zero-order valence-corrected chi connectivity index (χ0v) is 15.1. The van der Waals surface area contributed by atoms with Crippen LogP contribution in [-0.4, -0.2) is 36.5 Å². The summed E-state index contributed by atoms with van der Waals surface area (Å²) in [4.78, 5) is 15.0. The van der Waals surface area contributed by atoms with E-state index in [0.29, 0.717) is 17.4 Å². The van der Waals surface area contributed by atoms with Gasteiger partial charge in [-0.1, -0.05) is 24.3 Å². The highest BCUT2D eigenvalue weighted by Crippen LogP contribution is 2.29. The van der Waals surface area contributed by atoms with Crippen LogP contribution in [0.15, 0.2) is 63.8 Å². The second-order valence-corrected chi connectivity index (χ2v) is 7.47. The molecule has 5 heterocycles. The Morgan fingerprint density at radius 3 is 2.41 bits per heavy atom. The van der Waals surface area contributed by atoms with Crippen LogP contribution in [-0.2, 0) is 0 Å². The molecule has 138 valence electrons. The molecule has 3 aliphatic rings. The Hall–Kier alpha value is -2.79. The van der Waals surface area contributed by atoms with Crippen LogP contribution in [0.3, 0.4) is 0 Å². The van der Waals surface area contributed by atoms with Crippen LogP contribution in [0, 0.1) is 5.92 Å². The van der Waals surface area contributed by atoms with E-state index in [-0.39, 0.29) is 11.9 Å². The second kappa shape index (κ2) is 6.74. The lowest BCUT2D eigenvalue weighted by Gasteiger charge is -2.44. The summed E-state index contributed by atoms with van der Waals surface area (Å²) >= 11 is 0. The smallest absolute Gasteiger partial charge is 0.287 e. The van der Waals surface area contributed by atoms with Gasteiger partial charge in [-0.2, -0.15) is 0 Å². The van der Waals surface area contributed by atoms with Crippen LogP contribution >= 0.6 is 0 Å². The fourth-order valence-corrected chi connectivity index (χ4v) is 4.24. The van der Waals surface area contributed by atoms with Gasteiger partial charge < -0.3 is 19.1 Å². The summed E-state index contributed by atoms with van der Waals surface area (Å²) in [6.45, 7) is 3.28. The van der Waals surface area contributed by atoms with Crippen molar-refractivity contribution in [2.45, 2.75) is 18.9 Å². The van der Waals surface area contributed by atoms with Gasteiger partial charge in [0.25, 0.3) is 5.91 Å². The molecular formula is C22H22N2O3. The molecule has 2 bridgehead atoms. The maximum Gasteiger partial charge on any atom is 0.287 e. The lowest BCUT2D eigenvalue weighted by atomic mass is 9.84. The van der Waals surface area contributed by atoms with Crippen LogP contribution in [0.25, 0.3) is 22.5 Å². The Bertz CT molecular complexity index is 919. The summed E-state index contributed by atoms with van der Waals surface area (Å²) in [5, 5.41) is 3.17. The molecule has 6 rings (SSSR count). The van der Waals surface area contributed by atoms with Gasteiger partial charge in [0.2, 0.25) is 0 Å². The average molecular weight is 362 g/mol. The number of carbonyl (C=O) groups excluding carboxylic acids is 1. The Kier molecular flexibility index (Phi) is 4.09. The van der Waals surface area contributed by atoms with Crippen molar-refractivity contribution in [3.05, 3.63) is 60.8 Å². The lowest BCUT2D eigenvalue weighted by molar-refractivity contribution is 0.0606. The zero-order valence-electron chi connectivity index (χ0n) is 15.1. The molecule has 1 N–H and O–H groups in total. The number of benzene rings is 1. The molecule has 0 radical (unpaired) electrons. The van der Waals surface area contributed by atoms with Gasteiger partial charge >= 0.3 is 0 Å². The minimum atomic E-state index is -0.116. The van der Waals surface area contributed by atoms with Crippen molar-refractivity contribution in [2.75, 3.05) is 19.6 Å². The van der Waals surface area contributed by atoms with E-state index in [9.17, 15) is 4.79 Å². The standard InChI is InChI=1S/C22H22N2O3/c25-22(23-19-13-24-10-7-16(19)8-11-24)21-6-5-20(27-21)17-3-1-15(2-4-17)18-9-12-26-14-18/h1-6,9,12,14,16,19H,7-8,10-11,13H2,(H,23,25)/t19-/m0/s1. The molecule has 0 spiro atoms. The van der Waals surface area contributed by atoms with E-state index in [1.807, 2.05) is 36.4 Å². The zero-order chi connectivity index (χ0) is 18.2. The normalized spacial score (nSPS) is 24.1. The van der Waals surface area contributed by atoms with Crippen molar-refractivity contribution in [2.24, 2.45) is 5.92 Å². The van der Waals surface area contributed by atoms with E-state index < -0.39 is 0 Å². The van der Waals surface area contributed by atoms with Crippen LogP contribution in [0.2, 0.25) is 0 Å². The number of rotatable bonds is 4. The number of hydrogen-bond donors (Lipinski definition) is 1. The maximum atomic E-state index is 12.6. The third-order valence-corrected chi connectivity index (χ3v) is 5.83. The summed E-state index contributed by atoms with van der Waals surface area (Å²) < 4.78 is 11.0. The topological polar surface area (TPSA) is 58.6 Å². The molecule has 3 fully saturated rings. The fourth-order valence-electron chi connectivity index (χ4n) is 4.24. The number of piperidine rings is 3. The van der Waals surface area contributed by atoms with Gasteiger partial charge in [-0.05, 0) is 55.6 Å². The highest BCUT2D eigenvalue weighted by Gasteiger charge is 2.35. The Labute approximate surface area is 158 Å². The predicted octanol–water partition coefficient (Wildman–Crippen LogP) is 4.03. The van der Waals surface area contributed by atoms with Gasteiger partial charge in [0.1, 0.15) is 5.76 Å².